The first-order valence-electron chi connectivity index (χ1n) is 16.3. The Morgan fingerprint density at radius 3 is 2.04 bits per heavy atom. The van der Waals surface area contributed by atoms with Gasteiger partial charge in [-0.1, -0.05) is 83.1 Å². The van der Waals surface area contributed by atoms with E-state index in [2.05, 4.69) is 35.5 Å². The van der Waals surface area contributed by atoms with Crippen molar-refractivity contribution in [2.45, 2.75) is 153 Å². The van der Waals surface area contributed by atoms with Gasteiger partial charge in [-0.25, -0.2) is 4.18 Å². The van der Waals surface area contributed by atoms with Crippen LogP contribution < -0.4 is 5.32 Å². The molecule has 264 valence electrons. The van der Waals surface area contributed by atoms with Crippen LogP contribution in [-0.2, 0) is 28.9 Å². The average molecular weight is 668 g/mol. The molecule has 7 N–H and O–H groups in total. The van der Waals surface area contributed by atoms with Crippen LogP contribution in [0.5, 0.6) is 0 Å². The van der Waals surface area contributed by atoms with Gasteiger partial charge in [-0.2, -0.15) is 8.42 Å². The first-order valence-corrected chi connectivity index (χ1v) is 17.7. The Morgan fingerprint density at radius 2 is 1.47 bits per heavy atom. The van der Waals surface area contributed by atoms with Crippen molar-refractivity contribution >= 4 is 16.3 Å². The molecule has 8 atom stereocenters. The minimum absolute atomic E-state index is 0.227. The van der Waals surface area contributed by atoms with Crippen molar-refractivity contribution in [2.24, 2.45) is 0 Å². The summed E-state index contributed by atoms with van der Waals surface area (Å²) in [5.74, 6) is -0.724. The molecule has 13 nitrogen and oxygen atoms in total. The van der Waals surface area contributed by atoms with Gasteiger partial charge in [0.15, 0.2) is 6.29 Å². The maximum atomic E-state index is 12.8. The van der Waals surface area contributed by atoms with Crippen LogP contribution in [0.3, 0.4) is 0 Å². The predicted molar refractivity (Wildman–Crippen MR) is 168 cm³/mol. The molecular weight excluding hydrogens is 610 g/mol. The van der Waals surface area contributed by atoms with Crippen molar-refractivity contribution < 1.29 is 57.0 Å². The van der Waals surface area contributed by atoms with Crippen LogP contribution in [0.2, 0.25) is 0 Å². The van der Waals surface area contributed by atoms with Gasteiger partial charge in [0.05, 0.1) is 25.4 Å². The molecule has 1 amide bonds. The Morgan fingerprint density at radius 1 is 0.889 bits per heavy atom. The topological polar surface area (TPSA) is 212 Å². The van der Waals surface area contributed by atoms with Gasteiger partial charge in [0.1, 0.15) is 30.5 Å². The van der Waals surface area contributed by atoms with Gasteiger partial charge in [0.2, 0.25) is 5.91 Å². The van der Waals surface area contributed by atoms with Gasteiger partial charge in [-0.3, -0.25) is 9.35 Å². The first kappa shape index (κ1) is 41.6. The molecule has 0 bridgehead atoms. The molecule has 0 aromatic carbocycles. The van der Waals surface area contributed by atoms with Crippen LogP contribution in [-0.4, -0.2) is 107 Å². The van der Waals surface area contributed by atoms with E-state index in [1.807, 2.05) is 0 Å². The first-order chi connectivity index (χ1) is 21.4. The summed E-state index contributed by atoms with van der Waals surface area (Å²) in [6.07, 6.45) is 9.37. The number of aliphatic hydroxyl groups excluding tert-OH is 5. The highest BCUT2D eigenvalue weighted by molar-refractivity contribution is 7.80. The van der Waals surface area contributed by atoms with Crippen molar-refractivity contribution in [3.63, 3.8) is 0 Å². The number of carbonyl (C=O) groups excluding carboxylic acids is 1. The van der Waals surface area contributed by atoms with Gasteiger partial charge in [-0.05, 0) is 44.9 Å². The van der Waals surface area contributed by atoms with Crippen molar-refractivity contribution in [1.29, 1.82) is 0 Å². The Bertz CT molecular complexity index is 947. The lowest BCUT2D eigenvalue weighted by molar-refractivity contribution is -0.298. The van der Waals surface area contributed by atoms with Gasteiger partial charge < -0.3 is 40.3 Å². The Hall–Kier alpha value is -1.46. The number of unbranched alkanes of at least 4 members (excludes halogenated alkanes) is 10. The van der Waals surface area contributed by atoms with Gasteiger partial charge in [0, 0.05) is 0 Å². The number of ether oxygens (including phenoxy) is 2. The molecular formula is C31H57NO12S. The monoisotopic (exact) mass is 667 g/mol. The van der Waals surface area contributed by atoms with Crippen LogP contribution >= 0.6 is 0 Å². The van der Waals surface area contributed by atoms with E-state index in [0.717, 1.165) is 51.4 Å². The third-order valence-corrected chi connectivity index (χ3v) is 8.05. The second kappa shape index (κ2) is 23.8. The van der Waals surface area contributed by atoms with Crippen LogP contribution in [0.25, 0.3) is 0 Å². The SMILES string of the molecule is CCCCC/C=C\CCCCCCC(O)C(=O)NC(COC1OC(CO)C(O)C(OS(=O)(=O)O)C1O)C(O)/C=C/CCCCC. The van der Waals surface area contributed by atoms with Crippen molar-refractivity contribution in [2.75, 3.05) is 13.2 Å². The molecule has 0 saturated carbocycles. The Kier molecular flexibility index (Phi) is 22.0. The molecule has 1 rings (SSSR count). The second-order valence-electron chi connectivity index (χ2n) is 11.5. The zero-order valence-corrected chi connectivity index (χ0v) is 27.6. The lowest BCUT2D eigenvalue weighted by atomic mass is 9.99. The van der Waals surface area contributed by atoms with E-state index in [-0.39, 0.29) is 6.42 Å². The third kappa shape index (κ3) is 17.9. The molecule has 1 heterocycles. The number of allylic oxidation sites excluding steroid dienone is 3. The predicted octanol–water partition coefficient (Wildman–Crippen LogP) is 2.45. The van der Waals surface area contributed by atoms with Gasteiger partial charge >= 0.3 is 10.4 Å². The molecule has 1 aliphatic rings. The average Bonchev–Trinajstić information content (AvgIpc) is 2.99. The molecule has 45 heavy (non-hydrogen) atoms. The lowest BCUT2D eigenvalue weighted by Crippen LogP contribution is -2.61. The van der Waals surface area contributed by atoms with E-state index in [1.54, 1.807) is 6.08 Å². The molecule has 1 saturated heterocycles. The third-order valence-electron chi connectivity index (χ3n) is 7.58. The second-order valence-corrected chi connectivity index (χ2v) is 12.6. The number of amides is 1. The van der Waals surface area contributed by atoms with E-state index >= 15 is 0 Å². The quantitative estimate of drug-likeness (QED) is 0.0425. The smallest absolute Gasteiger partial charge is 0.394 e. The number of hydrogen-bond acceptors (Lipinski definition) is 11. The van der Waals surface area contributed by atoms with Crippen LogP contribution in [0.4, 0.5) is 0 Å². The standard InChI is InChI=1S/C31H57NO12S/c1-3-5-7-9-10-11-12-13-14-16-18-20-25(35)30(38)32-23(24(34)19-17-15-8-6-4-2)22-42-31-28(37)29(44-45(39,40)41)27(36)26(21-33)43-31/h10-11,17,19,23-29,31,33-37H,3-9,12-16,18,20-22H2,1-2H3,(H,32,38)(H,39,40,41)/b11-10-,19-17+. The molecule has 0 aromatic heterocycles. The van der Waals surface area contributed by atoms with Crippen molar-refractivity contribution in [3.8, 4) is 0 Å². The molecule has 1 aliphatic heterocycles. The highest BCUT2D eigenvalue weighted by atomic mass is 32.3. The maximum Gasteiger partial charge on any atom is 0.397 e. The summed E-state index contributed by atoms with van der Waals surface area (Å²) < 4.78 is 46.8. The van der Waals surface area contributed by atoms with Crippen LogP contribution in [0, 0.1) is 0 Å². The number of rotatable bonds is 25. The van der Waals surface area contributed by atoms with Crippen LogP contribution in [0.1, 0.15) is 104 Å². The molecule has 0 radical (unpaired) electrons. The number of nitrogens with one attached hydrogen (secondary N) is 1. The summed E-state index contributed by atoms with van der Waals surface area (Å²) in [6, 6.07) is -1.12. The lowest BCUT2D eigenvalue weighted by Gasteiger charge is -2.41. The highest BCUT2D eigenvalue weighted by Gasteiger charge is 2.48. The van der Waals surface area contributed by atoms with E-state index in [0.29, 0.717) is 12.8 Å². The van der Waals surface area contributed by atoms with Crippen molar-refractivity contribution in [1.82, 2.24) is 5.32 Å². The Balaban J connectivity index is 2.74. The maximum absolute atomic E-state index is 12.8. The largest absolute Gasteiger partial charge is 0.397 e. The summed E-state index contributed by atoms with van der Waals surface area (Å²) >= 11 is 0. The molecule has 1 fully saturated rings. The highest BCUT2D eigenvalue weighted by Crippen LogP contribution is 2.26. The zero-order chi connectivity index (χ0) is 33.7. The minimum atomic E-state index is -5.10. The van der Waals surface area contributed by atoms with E-state index in [1.165, 1.54) is 25.3 Å². The molecule has 8 unspecified atom stereocenters. The molecule has 0 spiro atoms. The summed E-state index contributed by atoms with van der Waals surface area (Å²) in [7, 11) is -5.10. The molecule has 0 aromatic rings. The summed E-state index contributed by atoms with van der Waals surface area (Å²) in [6.45, 7) is 2.97. The van der Waals surface area contributed by atoms with Gasteiger partial charge in [0.25, 0.3) is 0 Å². The van der Waals surface area contributed by atoms with Crippen molar-refractivity contribution in [3.05, 3.63) is 24.3 Å². The zero-order valence-electron chi connectivity index (χ0n) is 26.8. The van der Waals surface area contributed by atoms with E-state index in [4.69, 9.17) is 14.0 Å². The molecule has 0 aliphatic carbocycles. The normalized spacial score (nSPS) is 24.7. The molecule has 14 heteroatoms. The number of carbonyl (C=O) groups is 1. The fourth-order valence-corrected chi connectivity index (χ4v) is 5.37. The van der Waals surface area contributed by atoms with Crippen LogP contribution in [0.15, 0.2) is 24.3 Å². The van der Waals surface area contributed by atoms with Gasteiger partial charge in [-0.15, -0.1) is 0 Å². The van der Waals surface area contributed by atoms with E-state index in [9.17, 15) is 38.7 Å². The fraction of sp³-hybridized carbons (Fsp3) is 0.839. The van der Waals surface area contributed by atoms with E-state index < -0.39 is 78.5 Å². The Labute approximate surface area is 268 Å². The summed E-state index contributed by atoms with van der Waals surface area (Å²) in [5, 5.41) is 54.2. The number of aliphatic hydroxyl groups is 5. The number of hydrogen-bond donors (Lipinski definition) is 7. The summed E-state index contributed by atoms with van der Waals surface area (Å²) in [4.78, 5) is 12.8. The summed E-state index contributed by atoms with van der Waals surface area (Å²) in [5.41, 5.74) is 0. The fourth-order valence-electron chi connectivity index (χ4n) is 4.86. The minimum Gasteiger partial charge on any atom is -0.394 e.